The Labute approximate surface area is 158 Å². The summed E-state index contributed by atoms with van der Waals surface area (Å²) in [6, 6.07) is 10.3. The van der Waals surface area contributed by atoms with Gasteiger partial charge in [-0.25, -0.2) is 0 Å². The van der Waals surface area contributed by atoms with E-state index in [-0.39, 0.29) is 11.9 Å². The molecule has 136 valence electrons. The van der Waals surface area contributed by atoms with E-state index in [1.807, 2.05) is 42.8 Å². The Morgan fingerprint density at radius 3 is 2.73 bits per heavy atom. The molecule has 0 bridgehead atoms. The Kier molecular flexibility index (Phi) is 5.57. The van der Waals surface area contributed by atoms with Gasteiger partial charge in [-0.05, 0) is 74.2 Å². The molecule has 0 saturated carbocycles. The first kappa shape index (κ1) is 18.4. The SMILES string of the molecule is Cc1nn(C(C)C)cc1-c1cccc(C(=O)N[C@@H](C)Cc2ccsc2)c1. The number of nitrogens with zero attached hydrogens (tertiary/aromatic N) is 2. The van der Waals surface area contributed by atoms with Gasteiger partial charge in [0.2, 0.25) is 0 Å². The van der Waals surface area contributed by atoms with Crippen molar-refractivity contribution in [3.8, 4) is 11.1 Å². The number of hydrogen-bond acceptors (Lipinski definition) is 3. The second kappa shape index (κ2) is 7.87. The molecular weight excluding hydrogens is 342 g/mol. The molecule has 0 radical (unpaired) electrons. The van der Waals surface area contributed by atoms with Crippen LogP contribution >= 0.6 is 11.3 Å². The van der Waals surface area contributed by atoms with Crippen LogP contribution < -0.4 is 5.32 Å². The highest BCUT2D eigenvalue weighted by Crippen LogP contribution is 2.25. The molecule has 0 spiro atoms. The first-order valence-corrected chi connectivity index (χ1v) is 9.86. The lowest BCUT2D eigenvalue weighted by atomic mass is 10.0. The second-order valence-electron chi connectivity index (χ2n) is 6.99. The summed E-state index contributed by atoms with van der Waals surface area (Å²) in [7, 11) is 0. The van der Waals surface area contributed by atoms with Crippen LogP contribution in [0.1, 0.15) is 48.4 Å². The van der Waals surface area contributed by atoms with Gasteiger partial charge in [0, 0.05) is 29.4 Å². The third kappa shape index (κ3) is 4.22. The molecule has 0 saturated heterocycles. The van der Waals surface area contributed by atoms with E-state index in [0.29, 0.717) is 11.6 Å². The normalized spacial score (nSPS) is 12.3. The minimum Gasteiger partial charge on any atom is -0.349 e. The van der Waals surface area contributed by atoms with Gasteiger partial charge in [-0.1, -0.05) is 12.1 Å². The van der Waals surface area contributed by atoms with E-state index in [9.17, 15) is 4.79 Å². The molecule has 3 aromatic rings. The van der Waals surface area contributed by atoms with Crippen LogP contribution in [0.25, 0.3) is 11.1 Å². The topological polar surface area (TPSA) is 46.9 Å². The highest BCUT2D eigenvalue weighted by atomic mass is 32.1. The Balaban J connectivity index is 1.75. The predicted octanol–water partition coefficient (Wildman–Crippen LogP) is 4.86. The number of nitrogens with one attached hydrogen (secondary N) is 1. The average molecular weight is 368 g/mol. The summed E-state index contributed by atoms with van der Waals surface area (Å²) in [5, 5.41) is 11.9. The molecule has 0 aliphatic heterocycles. The van der Waals surface area contributed by atoms with Crippen LogP contribution in [0.3, 0.4) is 0 Å². The summed E-state index contributed by atoms with van der Waals surface area (Å²) in [5.41, 5.74) is 5.00. The largest absolute Gasteiger partial charge is 0.349 e. The van der Waals surface area contributed by atoms with Gasteiger partial charge in [0.1, 0.15) is 0 Å². The van der Waals surface area contributed by atoms with Crippen LogP contribution in [0.2, 0.25) is 0 Å². The summed E-state index contributed by atoms with van der Waals surface area (Å²) >= 11 is 1.68. The minimum absolute atomic E-state index is 0.0384. The van der Waals surface area contributed by atoms with E-state index in [2.05, 4.69) is 47.3 Å². The molecule has 26 heavy (non-hydrogen) atoms. The van der Waals surface area contributed by atoms with Crippen LogP contribution in [-0.2, 0) is 6.42 Å². The van der Waals surface area contributed by atoms with Crippen molar-refractivity contribution in [2.75, 3.05) is 0 Å². The van der Waals surface area contributed by atoms with Gasteiger partial charge < -0.3 is 5.32 Å². The minimum atomic E-state index is -0.0384. The third-order valence-electron chi connectivity index (χ3n) is 4.38. The van der Waals surface area contributed by atoms with Crippen molar-refractivity contribution in [3.63, 3.8) is 0 Å². The monoisotopic (exact) mass is 367 g/mol. The van der Waals surface area contributed by atoms with Crippen molar-refractivity contribution in [1.82, 2.24) is 15.1 Å². The number of amides is 1. The van der Waals surface area contributed by atoms with Gasteiger partial charge >= 0.3 is 0 Å². The number of carbonyl (C=O) groups excluding carboxylic acids is 1. The molecule has 2 heterocycles. The van der Waals surface area contributed by atoms with Crippen LogP contribution in [0.15, 0.2) is 47.3 Å². The highest BCUT2D eigenvalue weighted by molar-refractivity contribution is 7.07. The fraction of sp³-hybridized carbons (Fsp3) is 0.333. The Morgan fingerprint density at radius 1 is 1.27 bits per heavy atom. The van der Waals surface area contributed by atoms with Gasteiger partial charge in [-0.15, -0.1) is 0 Å². The van der Waals surface area contributed by atoms with E-state index in [1.54, 1.807) is 11.3 Å². The zero-order chi connectivity index (χ0) is 18.7. The Bertz CT molecular complexity index is 881. The van der Waals surface area contributed by atoms with E-state index in [4.69, 9.17) is 0 Å². The first-order valence-electron chi connectivity index (χ1n) is 8.92. The molecule has 4 nitrogen and oxygen atoms in total. The van der Waals surface area contributed by atoms with Gasteiger partial charge in [-0.2, -0.15) is 16.4 Å². The smallest absolute Gasteiger partial charge is 0.251 e. The molecule has 5 heteroatoms. The fourth-order valence-electron chi connectivity index (χ4n) is 2.98. The maximum absolute atomic E-state index is 12.6. The summed E-state index contributed by atoms with van der Waals surface area (Å²) in [4.78, 5) is 12.6. The number of hydrogen-bond donors (Lipinski definition) is 1. The van der Waals surface area contributed by atoms with Crippen LogP contribution in [0, 0.1) is 6.92 Å². The number of thiophene rings is 1. The van der Waals surface area contributed by atoms with Gasteiger partial charge in [-0.3, -0.25) is 9.48 Å². The molecule has 0 fully saturated rings. The predicted molar refractivity (Wildman–Crippen MR) is 108 cm³/mol. The maximum atomic E-state index is 12.6. The molecule has 1 N–H and O–H groups in total. The number of aromatic nitrogens is 2. The van der Waals surface area contributed by atoms with Gasteiger partial charge in [0.25, 0.3) is 5.91 Å². The number of rotatable bonds is 6. The van der Waals surface area contributed by atoms with Crippen molar-refractivity contribution in [2.45, 2.75) is 46.2 Å². The molecular formula is C21H25N3OS. The number of carbonyl (C=O) groups is 1. The lowest BCUT2D eigenvalue weighted by Gasteiger charge is -2.13. The van der Waals surface area contributed by atoms with E-state index < -0.39 is 0 Å². The summed E-state index contributed by atoms with van der Waals surface area (Å²) < 4.78 is 1.96. The Hall–Kier alpha value is -2.40. The molecule has 1 atom stereocenters. The van der Waals surface area contributed by atoms with Gasteiger partial charge in [0.05, 0.1) is 5.69 Å². The van der Waals surface area contributed by atoms with Crippen molar-refractivity contribution < 1.29 is 4.79 Å². The zero-order valence-electron chi connectivity index (χ0n) is 15.7. The summed E-state index contributed by atoms with van der Waals surface area (Å²) in [6.45, 7) is 8.25. The van der Waals surface area contributed by atoms with Crippen LogP contribution in [0.5, 0.6) is 0 Å². The van der Waals surface area contributed by atoms with E-state index >= 15 is 0 Å². The van der Waals surface area contributed by atoms with Gasteiger partial charge in [0.15, 0.2) is 0 Å². The third-order valence-corrected chi connectivity index (χ3v) is 5.11. The highest BCUT2D eigenvalue weighted by Gasteiger charge is 2.14. The van der Waals surface area contributed by atoms with Crippen molar-refractivity contribution >= 4 is 17.2 Å². The number of benzene rings is 1. The second-order valence-corrected chi connectivity index (χ2v) is 7.77. The Morgan fingerprint density at radius 2 is 2.08 bits per heavy atom. The van der Waals surface area contributed by atoms with E-state index in [0.717, 1.165) is 23.2 Å². The standard InChI is InChI=1S/C21H25N3OS/c1-14(2)24-12-20(16(4)23-24)18-6-5-7-19(11-18)21(25)22-15(3)10-17-8-9-26-13-17/h5-9,11-15H,10H2,1-4H3,(H,22,25)/t15-/m0/s1. The van der Waals surface area contributed by atoms with Crippen molar-refractivity contribution in [2.24, 2.45) is 0 Å². The lowest BCUT2D eigenvalue weighted by Crippen LogP contribution is -2.33. The molecule has 1 amide bonds. The molecule has 3 rings (SSSR count). The molecule has 0 unspecified atom stereocenters. The number of aryl methyl sites for hydroxylation is 1. The molecule has 2 aromatic heterocycles. The van der Waals surface area contributed by atoms with Crippen molar-refractivity contribution in [1.29, 1.82) is 0 Å². The average Bonchev–Trinajstić information content (AvgIpc) is 3.24. The zero-order valence-corrected chi connectivity index (χ0v) is 16.5. The maximum Gasteiger partial charge on any atom is 0.251 e. The van der Waals surface area contributed by atoms with E-state index in [1.165, 1.54) is 5.56 Å². The fourth-order valence-corrected chi connectivity index (χ4v) is 3.66. The quantitative estimate of drug-likeness (QED) is 0.676. The van der Waals surface area contributed by atoms with Crippen LogP contribution in [0.4, 0.5) is 0 Å². The molecule has 0 aliphatic rings. The summed E-state index contributed by atoms with van der Waals surface area (Å²) in [6.07, 6.45) is 2.89. The molecule has 0 aliphatic carbocycles. The van der Waals surface area contributed by atoms with Crippen molar-refractivity contribution in [3.05, 3.63) is 64.1 Å². The summed E-state index contributed by atoms with van der Waals surface area (Å²) in [5.74, 6) is -0.0384. The van der Waals surface area contributed by atoms with Crippen LogP contribution in [-0.4, -0.2) is 21.7 Å². The first-order chi connectivity index (χ1) is 12.4. The lowest BCUT2D eigenvalue weighted by molar-refractivity contribution is 0.0940. The molecule has 1 aromatic carbocycles.